The number of halogens is 1. The summed E-state index contributed by atoms with van der Waals surface area (Å²) in [6, 6.07) is 16.9. The van der Waals surface area contributed by atoms with Crippen LogP contribution in [0.5, 0.6) is 5.75 Å². The van der Waals surface area contributed by atoms with Crippen molar-refractivity contribution in [3.8, 4) is 17.1 Å². The summed E-state index contributed by atoms with van der Waals surface area (Å²) in [5.74, 6) is 2.11. The number of nitrogens with zero attached hydrogens (tertiary/aromatic N) is 4. The van der Waals surface area contributed by atoms with Crippen molar-refractivity contribution in [2.24, 2.45) is 0 Å². The highest BCUT2D eigenvalue weighted by atomic mass is 35.5. The van der Waals surface area contributed by atoms with Gasteiger partial charge in [-0.25, -0.2) is 9.97 Å². The third-order valence-corrected chi connectivity index (χ3v) is 5.27. The second kappa shape index (κ2) is 8.71. The molecule has 0 saturated heterocycles. The topological polar surface area (TPSA) is 58.6 Å². The van der Waals surface area contributed by atoms with Gasteiger partial charge in [0.2, 0.25) is 0 Å². The predicted octanol–water partition coefficient (Wildman–Crippen LogP) is 3.83. The van der Waals surface area contributed by atoms with Crippen molar-refractivity contribution in [1.29, 1.82) is 0 Å². The molecule has 3 aromatic rings. The number of rotatable bonds is 5. The Morgan fingerprint density at radius 1 is 1.10 bits per heavy atom. The number of ether oxygens (including phenoxy) is 1. The molecule has 6 nitrogen and oxygen atoms in total. The first-order chi connectivity index (χ1) is 14.5. The van der Waals surface area contributed by atoms with Crippen molar-refractivity contribution in [2.75, 3.05) is 32.1 Å². The van der Waals surface area contributed by atoms with Gasteiger partial charge in [0, 0.05) is 43.2 Å². The summed E-state index contributed by atoms with van der Waals surface area (Å²) in [7, 11) is 3.92. The number of aromatic nitrogens is 2. The zero-order valence-corrected chi connectivity index (χ0v) is 17.8. The quantitative estimate of drug-likeness (QED) is 0.625. The van der Waals surface area contributed by atoms with Crippen LogP contribution in [0.25, 0.3) is 11.4 Å². The van der Waals surface area contributed by atoms with E-state index in [1.54, 1.807) is 29.2 Å². The highest BCUT2D eigenvalue weighted by Gasteiger charge is 2.26. The minimum absolute atomic E-state index is 0.0166. The molecule has 4 rings (SSSR count). The molecule has 0 radical (unpaired) electrons. The SMILES string of the molecule is CN(C)c1nc(-c2ccccc2)nc2c1CN(C(=O)COc1ccc(Cl)cc1)CC2. The lowest BCUT2D eigenvalue weighted by Gasteiger charge is -2.31. The maximum Gasteiger partial charge on any atom is 0.260 e. The van der Waals surface area contributed by atoms with E-state index >= 15 is 0 Å². The molecule has 2 heterocycles. The Kier molecular flexibility index (Phi) is 5.86. The van der Waals surface area contributed by atoms with Gasteiger partial charge in [-0.15, -0.1) is 0 Å². The number of hydrogen-bond acceptors (Lipinski definition) is 5. The summed E-state index contributed by atoms with van der Waals surface area (Å²) < 4.78 is 5.63. The van der Waals surface area contributed by atoms with Gasteiger partial charge in [-0.3, -0.25) is 4.79 Å². The first-order valence-corrected chi connectivity index (χ1v) is 10.2. The molecular weight excluding hydrogens is 400 g/mol. The fourth-order valence-electron chi connectivity index (χ4n) is 3.46. The van der Waals surface area contributed by atoms with Gasteiger partial charge >= 0.3 is 0 Å². The Labute approximate surface area is 181 Å². The second-order valence-electron chi connectivity index (χ2n) is 7.36. The zero-order valence-electron chi connectivity index (χ0n) is 17.0. The summed E-state index contributed by atoms with van der Waals surface area (Å²) in [4.78, 5) is 26.1. The predicted molar refractivity (Wildman–Crippen MR) is 118 cm³/mol. The number of carbonyl (C=O) groups excluding carboxylic acids is 1. The number of carbonyl (C=O) groups is 1. The van der Waals surface area contributed by atoms with Gasteiger partial charge in [0.25, 0.3) is 5.91 Å². The fraction of sp³-hybridized carbons (Fsp3) is 0.261. The van der Waals surface area contributed by atoms with E-state index in [4.69, 9.17) is 26.3 Å². The number of hydrogen-bond donors (Lipinski definition) is 0. The molecule has 30 heavy (non-hydrogen) atoms. The van der Waals surface area contributed by atoms with Crippen molar-refractivity contribution < 1.29 is 9.53 Å². The normalized spacial score (nSPS) is 13.0. The molecule has 7 heteroatoms. The maximum atomic E-state index is 12.7. The smallest absolute Gasteiger partial charge is 0.260 e. The van der Waals surface area contributed by atoms with E-state index in [-0.39, 0.29) is 12.5 Å². The monoisotopic (exact) mass is 422 g/mol. The highest BCUT2D eigenvalue weighted by molar-refractivity contribution is 6.30. The van der Waals surface area contributed by atoms with Crippen LogP contribution in [0.3, 0.4) is 0 Å². The molecule has 0 aliphatic carbocycles. The van der Waals surface area contributed by atoms with Crippen LogP contribution in [-0.4, -0.2) is 48.0 Å². The van der Waals surface area contributed by atoms with E-state index in [1.807, 2.05) is 49.3 Å². The third kappa shape index (κ3) is 4.39. The molecule has 154 valence electrons. The van der Waals surface area contributed by atoms with Gasteiger partial charge in [0.05, 0.1) is 12.2 Å². The van der Waals surface area contributed by atoms with Gasteiger partial charge in [0.1, 0.15) is 11.6 Å². The molecule has 0 bridgehead atoms. The lowest BCUT2D eigenvalue weighted by molar-refractivity contribution is -0.134. The van der Waals surface area contributed by atoms with Gasteiger partial charge < -0.3 is 14.5 Å². The Balaban J connectivity index is 1.52. The van der Waals surface area contributed by atoms with Crippen molar-refractivity contribution in [1.82, 2.24) is 14.9 Å². The van der Waals surface area contributed by atoms with Crippen LogP contribution in [0.4, 0.5) is 5.82 Å². The van der Waals surface area contributed by atoms with Crippen LogP contribution in [0.1, 0.15) is 11.3 Å². The van der Waals surface area contributed by atoms with Crippen LogP contribution in [-0.2, 0) is 17.8 Å². The number of anilines is 1. The molecule has 0 unspecified atom stereocenters. The molecule has 1 aliphatic rings. The number of amides is 1. The van der Waals surface area contributed by atoms with Gasteiger partial charge in [-0.2, -0.15) is 0 Å². The highest BCUT2D eigenvalue weighted by Crippen LogP contribution is 2.29. The van der Waals surface area contributed by atoms with E-state index in [2.05, 4.69) is 0 Å². The van der Waals surface area contributed by atoms with Gasteiger partial charge in [0.15, 0.2) is 12.4 Å². The molecule has 0 saturated carbocycles. The Morgan fingerprint density at radius 3 is 2.53 bits per heavy atom. The van der Waals surface area contributed by atoms with Crippen LogP contribution < -0.4 is 9.64 Å². The number of benzene rings is 2. The van der Waals surface area contributed by atoms with Crippen molar-refractivity contribution in [2.45, 2.75) is 13.0 Å². The standard InChI is InChI=1S/C23H23ClN4O2/c1-27(2)23-19-14-28(21(29)15-30-18-10-8-17(24)9-11-18)13-12-20(19)25-22(26-23)16-6-4-3-5-7-16/h3-11H,12-15H2,1-2H3. The first-order valence-electron chi connectivity index (χ1n) is 9.80. The fourth-order valence-corrected chi connectivity index (χ4v) is 3.59. The Morgan fingerprint density at radius 2 is 1.83 bits per heavy atom. The average molecular weight is 423 g/mol. The summed E-state index contributed by atoms with van der Waals surface area (Å²) in [6.07, 6.45) is 0.686. The third-order valence-electron chi connectivity index (χ3n) is 5.02. The minimum atomic E-state index is -0.0626. The molecule has 1 aromatic heterocycles. The van der Waals surface area contributed by atoms with E-state index in [0.29, 0.717) is 36.1 Å². The molecule has 2 aromatic carbocycles. The van der Waals surface area contributed by atoms with Crippen LogP contribution in [0, 0.1) is 0 Å². The average Bonchev–Trinajstić information content (AvgIpc) is 2.77. The van der Waals surface area contributed by atoms with E-state index in [1.165, 1.54) is 0 Å². The van der Waals surface area contributed by atoms with Gasteiger partial charge in [-0.05, 0) is 24.3 Å². The maximum absolute atomic E-state index is 12.7. The minimum Gasteiger partial charge on any atom is -0.484 e. The lowest BCUT2D eigenvalue weighted by atomic mass is 10.0. The Hall–Kier alpha value is -3.12. The summed E-state index contributed by atoms with van der Waals surface area (Å²) >= 11 is 5.89. The molecule has 0 atom stereocenters. The van der Waals surface area contributed by atoms with Crippen molar-refractivity contribution >= 4 is 23.3 Å². The molecule has 1 amide bonds. The van der Waals surface area contributed by atoms with Crippen LogP contribution in [0.2, 0.25) is 5.02 Å². The zero-order chi connectivity index (χ0) is 21.1. The second-order valence-corrected chi connectivity index (χ2v) is 7.80. The van der Waals surface area contributed by atoms with Crippen molar-refractivity contribution in [3.63, 3.8) is 0 Å². The first kappa shape index (κ1) is 20.2. The van der Waals surface area contributed by atoms with E-state index < -0.39 is 0 Å². The molecule has 0 N–H and O–H groups in total. The van der Waals surface area contributed by atoms with Crippen LogP contribution in [0.15, 0.2) is 54.6 Å². The summed E-state index contributed by atoms with van der Waals surface area (Å²) in [5, 5.41) is 0.632. The Bertz CT molecular complexity index is 1040. The number of fused-ring (bicyclic) bond motifs is 1. The van der Waals surface area contributed by atoms with E-state index in [9.17, 15) is 4.79 Å². The largest absolute Gasteiger partial charge is 0.484 e. The van der Waals surface area contributed by atoms with Crippen molar-refractivity contribution in [3.05, 3.63) is 70.9 Å². The van der Waals surface area contributed by atoms with Gasteiger partial charge in [-0.1, -0.05) is 41.9 Å². The summed E-state index contributed by atoms with van der Waals surface area (Å²) in [6.45, 7) is 1.06. The molecule has 0 fully saturated rings. The molecule has 1 aliphatic heterocycles. The molecule has 0 spiro atoms. The lowest BCUT2D eigenvalue weighted by Crippen LogP contribution is -2.40. The molecular formula is C23H23ClN4O2. The summed E-state index contributed by atoms with van der Waals surface area (Å²) in [5.41, 5.74) is 2.97. The van der Waals surface area contributed by atoms with Crippen LogP contribution >= 0.6 is 11.6 Å². The van der Waals surface area contributed by atoms with E-state index in [0.717, 1.165) is 22.6 Å².